The molecule has 0 saturated heterocycles. The third-order valence-electron chi connectivity index (χ3n) is 3.38. The zero-order valence-corrected chi connectivity index (χ0v) is 11.5. The van der Waals surface area contributed by atoms with Gasteiger partial charge in [-0.25, -0.2) is 9.59 Å². The monoisotopic (exact) mass is 271 g/mol. The molecule has 1 rings (SSSR count). The van der Waals surface area contributed by atoms with E-state index in [9.17, 15) is 19.5 Å². The van der Waals surface area contributed by atoms with Crippen molar-refractivity contribution < 1.29 is 19.5 Å². The molecule has 1 aliphatic rings. The van der Waals surface area contributed by atoms with Crippen LogP contribution in [0.3, 0.4) is 0 Å². The van der Waals surface area contributed by atoms with Crippen molar-refractivity contribution in [1.82, 2.24) is 15.5 Å². The molecular weight excluding hydrogens is 250 g/mol. The second kappa shape index (κ2) is 5.90. The quantitative estimate of drug-likeness (QED) is 0.678. The van der Waals surface area contributed by atoms with Gasteiger partial charge in [0.15, 0.2) is 0 Å². The summed E-state index contributed by atoms with van der Waals surface area (Å²) in [7, 11) is 3.18. The van der Waals surface area contributed by atoms with Crippen LogP contribution in [0.25, 0.3) is 0 Å². The van der Waals surface area contributed by atoms with E-state index in [4.69, 9.17) is 0 Å². The highest BCUT2D eigenvalue weighted by atomic mass is 16.4. The van der Waals surface area contributed by atoms with Gasteiger partial charge in [-0.1, -0.05) is 12.8 Å². The van der Waals surface area contributed by atoms with Gasteiger partial charge in [-0.3, -0.25) is 4.79 Å². The van der Waals surface area contributed by atoms with Gasteiger partial charge in [0.05, 0.1) is 0 Å². The van der Waals surface area contributed by atoms with E-state index in [0.717, 1.165) is 12.8 Å². The number of nitrogens with zero attached hydrogens (tertiary/aromatic N) is 1. The summed E-state index contributed by atoms with van der Waals surface area (Å²) in [6, 6.07) is -1.31. The summed E-state index contributed by atoms with van der Waals surface area (Å²) < 4.78 is 0. The van der Waals surface area contributed by atoms with Crippen LogP contribution in [0.1, 0.15) is 32.6 Å². The van der Waals surface area contributed by atoms with Gasteiger partial charge in [-0.2, -0.15) is 0 Å². The maximum atomic E-state index is 11.8. The van der Waals surface area contributed by atoms with Crippen molar-refractivity contribution >= 4 is 17.9 Å². The first kappa shape index (κ1) is 15.3. The molecule has 3 N–H and O–H groups in total. The number of amides is 3. The van der Waals surface area contributed by atoms with Crippen LogP contribution in [0, 0.1) is 0 Å². The van der Waals surface area contributed by atoms with Crippen LogP contribution in [-0.2, 0) is 9.59 Å². The minimum absolute atomic E-state index is 0.244. The number of likely N-dealkylation sites (N-methyl/N-ethyl adjacent to an activating group) is 1. The predicted octanol–water partition coefficient (Wildman–Crippen LogP) is 0.160. The van der Waals surface area contributed by atoms with Crippen molar-refractivity contribution in [3.8, 4) is 0 Å². The zero-order chi connectivity index (χ0) is 14.6. The second-order valence-corrected chi connectivity index (χ2v) is 5.15. The SMILES string of the molecule is CC(NC(=O)NC1(C(=O)O)CCCC1)C(=O)N(C)C. The normalized spacial score (nSPS) is 18.5. The van der Waals surface area contributed by atoms with Gasteiger partial charge in [0.1, 0.15) is 11.6 Å². The maximum absolute atomic E-state index is 11.8. The van der Waals surface area contributed by atoms with Crippen LogP contribution in [0.2, 0.25) is 0 Å². The van der Waals surface area contributed by atoms with Crippen LogP contribution in [-0.4, -0.2) is 53.6 Å². The summed E-state index contributed by atoms with van der Waals surface area (Å²) in [6.45, 7) is 1.56. The molecular formula is C12H21N3O4. The number of carbonyl (C=O) groups is 3. The molecule has 0 aromatic rings. The Morgan fingerprint density at radius 1 is 1.21 bits per heavy atom. The minimum atomic E-state index is -1.19. The number of rotatable bonds is 4. The number of carboxylic acids is 1. The average molecular weight is 271 g/mol. The molecule has 0 bridgehead atoms. The van der Waals surface area contributed by atoms with Gasteiger partial charge in [-0.15, -0.1) is 0 Å². The Kier molecular flexibility index (Phi) is 4.74. The largest absolute Gasteiger partial charge is 0.480 e. The fourth-order valence-corrected chi connectivity index (χ4v) is 2.27. The number of hydrogen-bond acceptors (Lipinski definition) is 3. The van der Waals surface area contributed by atoms with Crippen LogP contribution in [0.5, 0.6) is 0 Å². The Hall–Kier alpha value is -1.79. The van der Waals surface area contributed by atoms with Crippen LogP contribution < -0.4 is 10.6 Å². The summed E-state index contributed by atoms with van der Waals surface area (Å²) in [5.74, 6) is -1.27. The van der Waals surface area contributed by atoms with E-state index in [1.165, 1.54) is 4.90 Å². The lowest BCUT2D eigenvalue weighted by atomic mass is 9.98. The van der Waals surface area contributed by atoms with E-state index in [-0.39, 0.29) is 5.91 Å². The number of aliphatic carboxylic acids is 1. The lowest BCUT2D eigenvalue weighted by Crippen LogP contribution is -2.58. The summed E-state index contributed by atoms with van der Waals surface area (Å²) in [5, 5.41) is 14.2. The van der Waals surface area contributed by atoms with E-state index >= 15 is 0 Å². The molecule has 1 fully saturated rings. The molecule has 7 nitrogen and oxygen atoms in total. The molecule has 108 valence electrons. The summed E-state index contributed by atoms with van der Waals surface area (Å²) in [6.07, 6.45) is 2.40. The lowest BCUT2D eigenvalue weighted by molar-refractivity contribution is -0.144. The van der Waals surface area contributed by atoms with E-state index in [0.29, 0.717) is 12.8 Å². The van der Waals surface area contributed by atoms with E-state index < -0.39 is 23.6 Å². The van der Waals surface area contributed by atoms with Crippen LogP contribution in [0.4, 0.5) is 4.79 Å². The average Bonchev–Trinajstić information content (AvgIpc) is 2.77. The Morgan fingerprint density at radius 3 is 2.16 bits per heavy atom. The third-order valence-corrected chi connectivity index (χ3v) is 3.38. The molecule has 0 radical (unpaired) electrons. The molecule has 0 aromatic carbocycles. The second-order valence-electron chi connectivity index (χ2n) is 5.15. The smallest absolute Gasteiger partial charge is 0.329 e. The molecule has 19 heavy (non-hydrogen) atoms. The van der Waals surface area contributed by atoms with E-state index in [1.807, 2.05) is 0 Å². The zero-order valence-electron chi connectivity index (χ0n) is 11.5. The van der Waals surface area contributed by atoms with Crippen molar-refractivity contribution in [2.45, 2.75) is 44.2 Å². The molecule has 3 amide bonds. The van der Waals surface area contributed by atoms with Gasteiger partial charge >= 0.3 is 12.0 Å². The van der Waals surface area contributed by atoms with Crippen molar-refractivity contribution in [3.63, 3.8) is 0 Å². The first-order valence-electron chi connectivity index (χ1n) is 6.32. The molecule has 0 heterocycles. The first-order chi connectivity index (χ1) is 8.78. The standard InChI is InChI=1S/C12H21N3O4/c1-8(9(16)15(2)3)13-11(19)14-12(10(17)18)6-4-5-7-12/h8H,4-7H2,1-3H3,(H,17,18)(H2,13,14,19). The highest BCUT2D eigenvalue weighted by Gasteiger charge is 2.42. The van der Waals surface area contributed by atoms with Crippen molar-refractivity contribution in [3.05, 3.63) is 0 Å². The third kappa shape index (κ3) is 3.59. The molecule has 0 aliphatic heterocycles. The molecule has 1 unspecified atom stereocenters. The van der Waals surface area contributed by atoms with Gasteiger partial charge in [-0.05, 0) is 19.8 Å². The van der Waals surface area contributed by atoms with Crippen molar-refractivity contribution in [2.75, 3.05) is 14.1 Å². The molecule has 0 spiro atoms. The summed E-state index contributed by atoms with van der Waals surface area (Å²) >= 11 is 0. The molecule has 0 aromatic heterocycles. The van der Waals surface area contributed by atoms with E-state index in [1.54, 1.807) is 21.0 Å². The number of urea groups is 1. The molecule has 1 aliphatic carbocycles. The number of carbonyl (C=O) groups excluding carboxylic acids is 2. The summed E-state index contributed by atoms with van der Waals surface area (Å²) in [4.78, 5) is 36.0. The van der Waals surface area contributed by atoms with Crippen molar-refractivity contribution in [2.24, 2.45) is 0 Å². The maximum Gasteiger partial charge on any atom is 0.329 e. The van der Waals surface area contributed by atoms with Gasteiger partial charge in [0.25, 0.3) is 0 Å². The van der Waals surface area contributed by atoms with E-state index in [2.05, 4.69) is 10.6 Å². The highest BCUT2D eigenvalue weighted by Crippen LogP contribution is 2.29. The Bertz CT molecular complexity index is 375. The van der Waals surface area contributed by atoms with Crippen molar-refractivity contribution in [1.29, 1.82) is 0 Å². The predicted molar refractivity (Wildman–Crippen MR) is 68.7 cm³/mol. The number of nitrogens with one attached hydrogen (secondary N) is 2. The lowest BCUT2D eigenvalue weighted by Gasteiger charge is -2.26. The molecule has 1 atom stereocenters. The fraction of sp³-hybridized carbons (Fsp3) is 0.750. The fourth-order valence-electron chi connectivity index (χ4n) is 2.27. The van der Waals surface area contributed by atoms with Crippen LogP contribution in [0.15, 0.2) is 0 Å². The highest BCUT2D eigenvalue weighted by molar-refractivity contribution is 5.90. The topological polar surface area (TPSA) is 98.7 Å². The number of hydrogen-bond donors (Lipinski definition) is 3. The van der Waals surface area contributed by atoms with Gasteiger partial charge in [0, 0.05) is 14.1 Å². The summed E-state index contributed by atoms with van der Waals surface area (Å²) in [5.41, 5.74) is -1.19. The minimum Gasteiger partial charge on any atom is -0.480 e. The first-order valence-corrected chi connectivity index (χ1v) is 6.32. The number of carboxylic acid groups (broad SMARTS) is 1. The van der Waals surface area contributed by atoms with Gasteiger partial charge in [0.2, 0.25) is 5.91 Å². The Morgan fingerprint density at radius 2 is 1.74 bits per heavy atom. The Labute approximate surface area is 112 Å². The van der Waals surface area contributed by atoms with Gasteiger partial charge < -0.3 is 20.6 Å². The Balaban J connectivity index is 2.59. The molecule has 1 saturated carbocycles. The molecule has 7 heteroatoms. The van der Waals surface area contributed by atoms with Crippen LogP contribution >= 0.6 is 0 Å².